The van der Waals surface area contributed by atoms with Crippen LogP contribution < -0.4 is 0 Å². The van der Waals surface area contributed by atoms with E-state index in [1.807, 2.05) is 0 Å². The molecule has 1 N–H and O–H groups in total. The van der Waals surface area contributed by atoms with Crippen LogP contribution in [-0.2, 0) is 32.4 Å². The summed E-state index contributed by atoms with van der Waals surface area (Å²) in [5.41, 5.74) is -2.30. The third-order valence-electron chi connectivity index (χ3n) is 7.47. The quantitative estimate of drug-likeness (QED) is 0.386. The van der Waals surface area contributed by atoms with Crippen LogP contribution in [0.4, 0.5) is 4.39 Å². The fourth-order valence-electron chi connectivity index (χ4n) is 4.95. The van der Waals surface area contributed by atoms with E-state index in [1.165, 1.54) is 37.1 Å². The van der Waals surface area contributed by atoms with Gasteiger partial charge in [-0.1, -0.05) is 35.3 Å². The van der Waals surface area contributed by atoms with Crippen molar-refractivity contribution in [3.63, 3.8) is 0 Å². The van der Waals surface area contributed by atoms with Gasteiger partial charge in [0.15, 0.2) is 15.6 Å². The second kappa shape index (κ2) is 9.52. The predicted octanol–water partition coefficient (Wildman–Crippen LogP) is 5.21. The van der Waals surface area contributed by atoms with Gasteiger partial charge in [0, 0.05) is 23.0 Å². The number of ether oxygens (including phenoxy) is 1. The van der Waals surface area contributed by atoms with E-state index >= 15 is 4.39 Å². The number of carbonyl (C=O) groups excluding carboxylic acids is 1. The maximum absolute atomic E-state index is 16.2. The van der Waals surface area contributed by atoms with Gasteiger partial charge in [-0.2, -0.15) is 0 Å². The molecule has 1 amide bonds. The summed E-state index contributed by atoms with van der Waals surface area (Å²) in [6.07, 6.45) is 3.37. The van der Waals surface area contributed by atoms with Gasteiger partial charge < -0.3 is 9.84 Å². The largest absolute Gasteiger partial charge is 0.386 e. The van der Waals surface area contributed by atoms with Crippen molar-refractivity contribution < 1.29 is 27.4 Å². The minimum Gasteiger partial charge on any atom is -0.386 e. The van der Waals surface area contributed by atoms with Crippen LogP contribution in [0.3, 0.4) is 0 Å². The van der Waals surface area contributed by atoms with Crippen molar-refractivity contribution in [2.45, 2.75) is 49.3 Å². The van der Waals surface area contributed by atoms with Crippen molar-refractivity contribution in [3.8, 4) is 0 Å². The molecule has 1 aliphatic carbocycles. The fourth-order valence-corrected chi connectivity index (χ4v) is 6.30. The van der Waals surface area contributed by atoms with Crippen LogP contribution in [0.5, 0.6) is 0 Å². The van der Waals surface area contributed by atoms with Crippen molar-refractivity contribution in [1.82, 2.24) is 9.88 Å². The van der Waals surface area contributed by atoms with E-state index in [-0.39, 0.29) is 29.8 Å². The number of nitrogens with zero attached hydrogens (tertiary/aromatic N) is 2. The highest BCUT2D eigenvalue weighted by molar-refractivity contribution is 7.92. The van der Waals surface area contributed by atoms with Crippen LogP contribution in [-0.4, -0.2) is 46.9 Å². The number of fused-ring (bicyclic) bond motifs is 1. The highest BCUT2D eigenvalue weighted by Crippen LogP contribution is 2.51. The van der Waals surface area contributed by atoms with E-state index in [2.05, 4.69) is 4.98 Å². The summed E-state index contributed by atoms with van der Waals surface area (Å²) in [7, 11) is -3.51. The molecule has 1 aliphatic heterocycles. The SMILES string of the molecule is CC(C)(O)c1cc(F)c2c(c1)C(=O)N(Cc1ccc(Cl)cn1)[C@@]2(OCC1(S(C)(=O)=O)CC1)c1ccc(Cl)cc1. The summed E-state index contributed by atoms with van der Waals surface area (Å²) in [6, 6.07) is 12.3. The first-order valence-electron chi connectivity index (χ1n) is 12.3. The Hall–Kier alpha value is -2.56. The number of hydrogen-bond acceptors (Lipinski definition) is 6. The molecule has 7 nitrogen and oxygen atoms in total. The summed E-state index contributed by atoms with van der Waals surface area (Å²) in [5.74, 6) is -1.34. The summed E-state index contributed by atoms with van der Waals surface area (Å²) in [5, 5.41) is 11.4. The number of hydrogen-bond donors (Lipinski definition) is 1. The second-order valence-electron chi connectivity index (χ2n) is 10.7. The normalized spacial score (nSPS) is 20.3. The Labute approximate surface area is 236 Å². The average molecular weight is 594 g/mol. The number of sulfone groups is 1. The van der Waals surface area contributed by atoms with Crippen LogP contribution in [0.2, 0.25) is 10.0 Å². The number of halogens is 3. The van der Waals surface area contributed by atoms with Crippen LogP contribution in [0.25, 0.3) is 0 Å². The third-order valence-corrected chi connectivity index (χ3v) is 10.0. The van der Waals surface area contributed by atoms with Crippen molar-refractivity contribution in [3.05, 3.63) is 98.5 Å². The molecule has 2 heterocycles. The molecule has 0 spiro atoms. The summed E-state index contributed by atoms with van der Waals surface area (Å²) >= 11 is 12.2. The van der Waals surface area contributed by atoms with Gasteiger partial charge >= 0.3 is 0 Å². The lowest BCUT2D eigenvalue weighted by molar-refractivity contribution is -0.114. The van der Waals surface area contributed by atoms with E-state index < -0.39 is 37.6 Å². The standard InChI is InChI=1S/C28H27Cl2FN2O5S/c1-26(2,35)18-12-22-24(23(31)13-18)28(17-4-6-19(29)7-5-17,38-16-27(10-11-27)39(3,36)37)33(25(22)34)15-21-9-8-20(30)14-32-21/h4-9,12-14,35H,10-11,15-16H2,1-3H3/t28-/m1/s1. The van der Waals surface area contributed by atoms with E-state index in [1.54, 1.807) is 36.4 Å². The minimum absolute atomic E-state index is 0.000223. The van der Waals surface area contributed by atoms with Crippen molar-refractivity contribution in [1.29, 1.82) is 0 Å². The first kappa shape index (κ1) is 28.0. The molecule has 206 valence electrons. The molecule has 0 unspecified atom stereocenters. The lowest BCUT2D eigenvalue weighted by Gasteiger charge is -2.40. The number of amides is 1. The molecule has 0 bridgehead atoms. The second-order valence-corrected chi connectivity index (χ2v) is 14.0. The van der Waals surface area contributed by atoms with Gasteiger partial charge in [0.05, 0.1) is 45.3 Å². The number of carbonyl (C=O) groups is 1. The lowest BCUT2D eigenvalue weighted by atomic mass is 9.88. The summed E-state index contributed by atoms with van der Waals surface area (Å²) in [4.78, 5) is 19.8. The van der Waals surface area contributed by atoms with Gasteiger partial charge in [-0.25, -0.2) is 12.8 Å². The molecule has 39 heavy (non-hydrogen) atoms. The Morgan fingerprint density at radius 3 is 2.28 bits per heavy atom. The zero-order chi connectivity index (χ0) is 28.4. The Bertz CT molecular complexity index is 1550. The van der Waals surface area contributed by atoms with Gasteiger partial charge in [-0.15, -0.1) is 0 Å². The molecule has 3 aromatic rings. The zero-order valence-electron chi connectivity index (χ0n) is 21.5. The smallest absolute Gasteiger partial charge is 0.257 e. The molecule has 2 aliphatic rings. The number of pyridine rings is 1. The average Bonchev–Trinajstić information content (AvgIpc) is 3.62. The number of aliphatic hydroxyl groups is 1. The molecule has 1 fully saturated rings. The first-order valence-corrected chi connectivity index (χ1v) is 14.9. The molecule has 1 atom stereocenters. The minimum atomic E-state index is -3.51. The molecule has 0 radical (unpaired) electrons. The van der Waals surface area contributed by atoms with Crippen LogP contribution >= 0.6 is 23.2 Å². The molecule has 0 saturated heterocycles. The highest BCUT2D eigenvalue weighted by atomic mass is 35.5. The Morgan fingerprint density at radius 1 is 1.10 bits per heavy atom. The van der Waals surface area contributed by atoms with Crippen LogP contribution in [0.15, 0.2) is 54.7 Å². The fraction of sp³-hybridized carbons (Fsp3) is 0.357. The molecular weight excluding hydrogens is 566 g/mol. The Morgan fingerprint density at radius 2 is 1.74 bits per heavy atom. The molecular formula is C28H27Cl2FN2O5S. The monoisotopic (exact) mass is 592 g/mol. The van der Waals surface area contributed by atoms with Gasteiger partial charge in [0.1, 0.15) is 5.82 Å². The van der Waals surface area contributed by atoms with E-state index in [9.17, 15) is 18.3 Å². The van der Waals surface area contributed by atoms with Gasteiger partial charge in [-0.05, 0) is 68.7 Å². The molecule has 2 aromatic carbocycles. The molecule has 5 rings (SSSR count). The Kier molecular flexibility index (Phi) is 6.83. The lowest BCUT2D eigenvalue weighted by Crippen LogP contribution is -2.49. The van der Waals surface area contributed by atoms with E-state index in [0.29, 0.717) is 34.1 Å². The highest BCUT2D eigenvalue weighted by Gasteiger charge is 2.59. The maximum Gasteiger partial charge on any atom is 0.257 e. The maximum atomic E-state index is 16.2. The molecule has 11 heteroatoms. The number of rotatable bonds is 8. The summed E-state index contributed by atoms with van der Waals surface area (Å²) < 4.78 is 46.9. The van der Waals surface area contributed by atoms with E-state index in [0.717, 1.165) is 6.26 Å². The van der Waals surface area contributed by atoms with Gasteiger partial charge in [-0.3, -0.25) is 14.7 Å². The number of aromatic nitrogens is 1. The zero-order valence-corrected chi connectivity index (χ0v) is 23.9. The van der Waals surface area contributed by atoms with Crippen LogP contribution in [0.1, 0.15) is 59.4 Å². The third kappa shape index (κ3) is 4.85. The first-order chi connectivity index (χ1) is 18.2. The van der Waals surface area contributed by atoms with Gasteiger partial charge in [0.2, 0.25) is 0 Å². The van der Waals surface area contributed by atoms with Crippen LogP contribution in [0, 0.1) is 5.82 Å². The summed E-state index contributed by atoms with van der Waals surface area (Å²) in [6.45, 7) is 2.62. The van der Waals surface area contributed by atoms with E-state index in [4.69, 9.17) is 27.9 Å². The molecule has 1 saturated carbocycles. The van der Waals surface area contributed by atoms with Gasteiger partial charge in [0.25, 0.3) is 5.91 Å². The van der Waals surface area contributed by atoms with Crippen molar-refractivity contribution in [2.75, 3.05) is 12.9 Å². The Balaban J connectivity index is 1.76. The predicted molar refractivity (Wildman–Crippen MR) is 146 cm³/mol. The van der Waals surface area contributed by atoms with Crippen molar-refractivity contribution >= 4 is 38.9 Å². The molecule has 1 aromatic heterocycles. The number of benzene rings is 2. The van der Waals surface area contributed by atoms with Crippen molar-refractivity contribution in [2.24, 2.45) is 0 Å². The topological polar surface area (TPSA) is 96.8 Å².